The summed E-state index contributed by atoms with van der Waals surface area (Å²) in [6, 6.07) is 8.93. The van der Waals surface area contributed by atoms with Gasteiger partial charge in [0.25, 0.3) is 5.91 Å². The number of carbonyl (C=O) groups is 1. The molecule has 82 valence electrons. The molecule has 0 aliphatic carbocycles. The summed E-state index contributed by atoms with van der Waals surface area (Å²) in [6.45, 7) is 0. The number of thiophene rings is 1. The molecule has 0 aliphatic heterocycles. The number of anilines is 1. The maximum Gasteiger partial charge on any atom is 0.265 e. The normalized spacial score (nSPS) is 10.1. The summed E-state index contributed by atoms with van der Waals surface area (Å²) in [5.41, 5.74) is 0.606. The maximum absolute atomic E-state index is 11.8. The summed E-state index contributed by atoms with van der Waals surface area (Å²) in [4.78, 5) is 12.4. The molecule has 0 fully saturated rings. The molecule has 0 atom stereocenters. The van der Waals surface area contributed by atoms with Crippen molar-refractivity contribution >= 4 is 50.5 Å². The fourth-order valence-corrected chi connectivity index (χ4v) is 2.33. The van der Waals surface area contributed by atoms with Crippen LogP contribution in [-0.2, 0) is 0 Å². The monoisotopic (exact) mass is 315 g/mol. The van der Waals surface area contributed by atoms with Gasteiger partial charge < -0.3 is 5.32 Å². The van der Waals surface area contributed by atoms with Crippen molar-refractivity contribution in [1.82, 2.24) is 0 Å². The maximum atomic E-state index is 11.8. The summed E-state index contributed by atoms with van der Waals surface area (Å²) in [7, 11) is 0. The average molecular weight is 317 g/mol. The third kappa shape index (κ3) is 2.64. The molecule has 16 heavy (non-hydrogen) atoms. The molecule has 0 saturated carbocycles. The van der Waals surface area contributed by atoms with Crippen LogP contribution in [0.2, 0.25) is 5.02 Å². The third-order valence-electron chi connectivity index (χ3n) is 1.92. The van der Waals surface area contributed by atoms with E-state index in [1.165, 1.54) is 11.3 Å². The second-order valence-electron chi connectivity index (χ2n) is 3.06. The number of halogens is 2. The SMILES string of the molecule is O=C(Nc1cc(Br)ccc1Cl)c1cccs1. The molecule has 2 aromatic rings. The average Bonchev–Trinajstić information content (AvgIpc) is 2.76. The highest BCUT2D eigenvalue weighted by atomic mass is 79.9. The van der Waals surface area contributed by atoms with Crippen LogP contribution in [0.15, 0.2) is 40.2 Å². The highest BCUT2D eigenvalue weighted by Gasteiger charge is 2.09. The van der Waals surface area contributed by atoms with Crippen LogP contribution in [0.25, 0.3) is 0 Å². The Labute approximate surface area is 110 Å². The van der Waals surface area contributed by atoms with Crippen molar-refractivity contribution in [3.05, 3.63) is 50.1 Å². The number of hydrogen-bond donors (Lipinski definition) is 1. The first-order valence-corrected chi connectivity index (χ1v) is 6.52. The molecule has 0 radical (unpaired) electrons. The molecule has 2 nitrogen and oxygen atoms in total. The van der Waals surface area contributed by atoms with E-state index in [2.05, 4.69) is 21.2 Å². The Morgan fingerprint density at radius 3 is 2.88 bits per heavy atom. The minimum atomic E-state index is -0.144. The van der Waals surface area contributed by atoms with E-state index in [1.807, 2.05) is 17.5 Å². The zero-order chi connectivity index (χ0) is 11.5. The molecule has 0 bridgehead atoms. The van der Waals surface area contributed by atoms with E-state index in [1.54, 1.807) is 18.2 Å². The van der Waals surface area contributed by atoms with Gasteiger partial charge >= 0.3 is 0 Å². The smallest absolute Gasteiger partial charge is 0.265 e. The van der Waals surface area contributed by atoms with Gasteiger partial charge in [0, 0.05) is 4.47 Å². The molecule has 1 N–H and O–H groups in total. The van der Waals surface area contributed by atoms with E-state index in [0.29, 0.717) is 15.6 Å². The molecule has 1 amide bonds. The largest absolute Gasteiger partial charge is 0.320 e. The van der Waals surface area contributed by atoms with E-state index in [-0.39, 0.29) is 5.91 Å². The number of rotatable bonds is 2. The molecule has 0 saturated heterocycles. The van der Waals surface area contributed by atoms with E-state index in [4.69, 9.17) is 11.6 Å². The van der Waals surface area contributed by atoms with Crippen molar-refractivity contribution in [2.75, 3.05) is 5.32 Å². The van der Waals surface area contributed by atoms with Crippen molar-refractivity contribution in [3.8, 4) is 0 Å². The predicted octanol–water partition coefficient (Wildman–Crippen LogP) is 4.42. The van der Waals surface area contributed by atoms with Crippen LogP contribution in [-0.4, -0.2) is 5.91 Å². The minimum absolute atomic E-state index is 0.144. The van der Waals surface area contributed by atoms with Crippen LogP contribution in [0, 0.1) is 0 Å². The summed E-state index contributed by atoms with van der Waals surface area (Å²) < 4.78 is 0.873. The van der Waals surface area contributed by atoms with Gasteiger partial charge in [-0.05, 0) is 29.6 Å². The van der Waals surface area contributed by atoms with Crippen LogP contribution < -0.4 is 5.32 Å². The van der Waals surface area contributed by atoms with Crippen molar-refractivity contribution in [1.29, 1.82) is 0 Å². The van der Waals surface area contributed by atoms with Gasteiger partial charge in [-0.25, -0.2) is 0 Å². The first kappa shape index (κ1) is 11.6. The zero-order valence-corrected chi connectivity index (χ0v) is 11.2. The Hall–Kier alpha value is -0.840. The Kier molecular flexibility index (Phi) is 3.63. The van der Waals surface area contributed by atoms with Gasteiger partial charge in [0.15, 0.2) is 0 Å². The van der Waals surface area contributed by atoms with Crippen molar-refractivity contribution in [2.24, 2.45) is 0 Å². The number of amides is 1. The van der Waals surface area contributed by atoms with E-state index in [0.717, 1.165) is 4.47 Å². The van der Waals surface area contributed by atoms with Gasteiger partial charge in [-0.2, -0.15) is 0 Å². The van der Waals surface area contributed by atoms with Gasteiger partial charge in [-0.1, -0.05) is 33.6 Å². The van der Waals surface area contributed by atoms with Crippen LogP contribution in [0.5, 0.6) is 0 Å². The quantitative estimate of drug-likeness (QED) is 0.873. The lowest BCUT2D eigenvalue weighted by molar-refractivity contribution is 0.103. The van der Waals surface area contributed by atoms with Crippen molar-refractivity contribution in [2.45, 2.75) is 0 Å². The first-order chi connectivity index (χ1) is 7.66. The Morgan fingerprint density at radius 2 is 2.19 bits per heavy atom. The van der Waals surface area contributed by atoms with Gasteiger partial charge in [-0.3, -0.25) is 4.79 Å². The van der Waals surface area contributed by atoms with Crippen molar-refractivity contribution < 1.29 is 4.79 Å². The summed E-state index contributed by atoms with van der Waals surface area (Å²) in [5, 5.41) is 5.14. The lowest BCUT2D eigenvalue weighted by Gasteiger charge is -2.06. The molecule has 1 aromatic carbocycles. The molecular weight excluding hydrogens is 310 g/mol. The van der Waals surface area contributed by atoms with E-state index >= 15 is 0 Å². The Balaban J connectivity index is 2.21. The van der Waals surface area contributed by atoms with E-state index in [9.17, 15) is 4.79 Å². The fourth-order valence-electron chi connectivity index (χ4n) is 1.18. The minimum Gasteiger partial charge on any atom is -0.320 e. The van der Waals surface area contributed by atoms with Gasteiger partial charge in [0.1, 0.15) is 0 Å². The standard InChI is InChI=1S/C11H7BrClNOS/c12-7-3-4-8(13)9(6-7)14-11(15)10-2-1-5-16-10/h1-6H,(H,14,15). The zero-order valence-electron chi connectivity index (χ0n) is 8.04. The third-order valence-corrected chi connectivity index (χ3v) is 3.61. The molecule has 0 aliphatic rings. The van der Waals surface area contributed by atoms with Crippen LogP contribution in [0.4, 0.5) is 5.69 Å². The van der Waals surface area contributed by atoms with Crippen molar-refractivity contribution in [3.63, 3.8) is 0 Å². The molecular formula is C11H7BrClNOS. The molecule has 2 rings (SSSR count). The summed E-state index contributed by atoms with van der Waals surface area (Å²) >= 11 is 10.7. The topological polar surface area (TPSA) is 29.1 Å². The summed E-state index contributed by atoms with van der Waals surface area (Å²) in [5.74, 6) is -0.144. The lowest BCUT2D eigenvalue weighted by atomic mass is 10.3. The van der Waals surface area contributed by atoms with Crippen LogP contribution in [0.1, 0.15) is 9.67 Å². The number of carbonyl (C=O) groups excluding carboxylic acids is 1. The van der Waals surface area contributed by atoms with Gasteiger partial charge in [-0.15, -0.1) is 11.3 Å². The second-order valence-corrected chi connectivity index (χ2v) is 5.33. The number of benzene rings is 1. The molecule has 0 unspecified atom stereocenters. The van der Waals surface area contributed by atoms with Crippen LogP contribution in [0.3, 0.4) is 0 Å². The number of nitrogens with one attached hydrogen (secondary N) is 1. The molecule has 0 spiro atoms. The highest BCUT2D eigenvalue weighted by molar-refractivity contribution is 9.10. The van der Waals surface area contributed by atoms with Gasteiger partial charge in [0.2, 0.25) is 0 Å². The number of hydrogen-bond acceptors (Lipinski definition) is 2. The van der Waals surface area contributed by atoms with Crippen LogP contribution >= 0.6 is 38.9 Å². The Morgan fingerprint density at radius 1 is 1.38 bits per heavy atom. The van der Waals surface area contributed by atoms with Gasteiger partial charge in [0.05, 0.1) is 15.6 Å². The molecule has 5 heteroatoms. The predicted molar refractivity (Wildman–Crippen MR) is 71.4 cm³/mol. The fraction of sp³-hybridized carbons (Fsp3) is 0. The lowest BCUT2D eigenvalue weighted by Crippen LogP contribution is -2.10. The first-order valence-electron chi connectivity index (χ1n) is 4.47. The molecule has 1 heterocycles. The highest BCUT2D eigenvalue weighted by Crippen LogP contribution is 2.26. The Bertz CT molecular complexity index is 513. The molecule has 1 aromatic heterocycles. The summed E-state index contributed by atoms with van der Waals surface area (Å²) in [6.07, 6.45) is 0. The van der Waals surface area contributed by atoms with E-state index < -0.39 is 0 Å². The second kappa shape index (κ2) is 4.99.